The van der Waals surface area contributed by atoms with E-state index in [1.807, 2.05) is 45.0 Å². The smallest absolute Gasteiger partial charge is 0.319 e. The van der Waals surface area contributed by atoms with Crippen LogP contribution in [0.25, 0.3) is 0 Å². The molecule has 0 aliphatic rings. The number of nitrogens with two attached hydrogens (primary N) is 1. The van der Waals surface area contributed by atoms with Crippen LogP contribution in [0.5, 0.6) is 0 Å². The lowest BCUT2D eigenvalue weighted by molar-refractivity contribution is 0.249. The monoisotopic (exact) mass is 235 g/mol. The van der Waals surface area contributed by atoms with E-state index in [2.05, 4.69) is 10.6 Å². The van der Waals surface area contributed by atoms with Gasteiger partial charge in [0.2, 0.25) is 0 Å². The van der Waals surface area contributed by atoms with E-state index in [9.17, 15) is 4.79 Å². The van der Waals surface area contributed by atoms with Crippen LogP contribution in [0.4, 0.5) is 10.5 Å². The largest absolute Gasteiger partial charge is 0.335 e. The SMILES string of the molecule is CCC(C)NC(=O)Nc1cccc(C(C)N)c1. The zero-order chi connectivity index (χ0) is 12.8. The topological polar surface area (TPSA) is 67.2 Å². The van der Waals surface area contributed by atoms with E-state index >= 15 is 0 Å². The van der Waals surface area contributed by atoms with Crippen LogP contribution in [-0.2, 0) is 0 Å². The fourth-order valence-corrected chi connectivity index (χ4v) is 1.39. The molecule has 4 N–H and O–H groups in total. The van der Waals surface area contributed by atoms with Crippen LogP contribution < -0.4 is 16.4 Å². The Morgan fingerprint density at radius 3 is 2.71 bits per heavy atom. The van der Waals surface area contributed by atoms with Crippen molar-refractivity contribution in [2.45, 2.75) is 39.3 Å². The van der Waals surface area contributed by atoms with Gasteiger partial charge in [0.25, 0.3) is 0 Å². The summed E-state index contributed by atoms with van der Waals surface area (Å²) < 4.78 is 0. The van der Waals surface area contributed by atoms with Crippen LogP contribution >= 0.6 is 0 Å². The zero-order valence-corrected chi connectivity index (χ0v) is 10.7. The fourth-order valence-electron chi connectivity index (χ4n) is 1.39. The molecule has 1 aromatic rings. The van der Waals surface area contributed by atoms with Crippen molar-refractivity contribution in [3.05, 3.63) is 29.8 Å². The van der Waals surface area contributed by atoms with Crippen molar-refractivity contribution in [3.8, 4) is 0 Å². The lowest BCUT2D eigenvalue weighted by Crippen LogP contribution is -2.35. The number of urea groups is 1. The van der Waals surface area contributed by atoms with E-state index < -0.39 is 0 Å². The summed E-state index contributed by atoms with van der Waals surface area (Å²) in [7, 11) is 0. The quantitative estimate of drug-likeness (QED) is 0.751. The summed E-state index contributed by atoms with van der Waals surface area (Å²) in [4.78, 5) is 11.6. The van der Waals surface area contributed by atoms with Gasteiger partial charge < -0.3 is 16.4 Å². The summed E-state index contributed by atoms with van der Waals surface area (Å²) in [5.74, 6) is 0. The Hall–Kier alpha value is -1.55. The van der Waals surface area contributed by atoms with Crippen LogP contribution in [0.1, 0.15) is 38.8 Å². The number of carbonyl (C=O) groups is 1. The molecule has 0 fully saturated rings. The molecule has 1 rings (SSSR count). The van der Waals surface area contributed by atoms with E-state index in [-0.39, 0.29) is 18.1 Å². The number of anilines is 1. The number of nitrogens with one attached hydrogen (secondary N) is 2. The van der Waals surface area contributed by atoms with Crippen molar-refractivity contribution in [2.24, 2.45) is 5.73 Å². The van der Waals surface area contributed by atoms with Gasteiger partial charge in [0.05, 0.1) is 0 Å². The van der Waals surface area contributed by atoms with Crippen molar-refractivity contribution in [1.29, 1.82) is 0 Å². The third-order valence-corrected chi connectivity index (χ3v) is 2.66. The minimum Gasteiger partial charge on any atom is -0.335 e. The molecular weight excluding hydrogens is 214 g/mol. The molecular formula is C13H21N3O. The number of benzene rings is 1. The first kappa shape index (κ1) is 13.5. The Morgan fingerprint density at radius 2 is 2.12 bits per heavy atom. The van der Waals surface area contributed by atoms with Crippen molar-refractivity contribution in [1.82, 2.24) is 5.32 Å². The highest BCUT2D eigenvalue weighted by Gasteiger charge is 2.06. The predicted octanol–water partition coefficient (Wildman–Crippen LogP) is 2.63. The van der Waals surface area contributed by atoms with Crippen LogP contribution in [0.3, 0.4) is 0 Å². The van der Waals surface area contributed by atoms with Crippen molar-refractivity contribution in [3.63, 3.8) is 0 Å². The molecule has 17 heavy (non-hydrogen) atoms. The summed E-state index contributed by atoms with van der Waals surface area (Å²) in [6.07, 6.45) is 0.910. The second-order valence-corrected chi connectivity index (χ2v) is 4.32. The predicted molar refractivity (Wildman–Crippen MR) is 71.0 cm³/mol. The number of rotatable bonds is 4. The first-order valence-electron chi connectivity index (χ1n) is 5.96. The van der Waals surface area contributed by atoms with Gasteiger partial charge >= 0.3 is 6.03 Å². The van der Waals surface area contributed by atoms with Crippen LogP contribution in [0, 0.1) is 0 Å². The molecule has 1 aromatic carbocycles. The van der Waals surface area contributed by atoms with Crippen molar-refractivity contribution >= 4 is 11.7 Å². The fraction of sp³-hybridized carbons (Fsp3) is 0.462. The average molecular weight is 235 g/mol. The van der Waals surface area contributed by atoms with Crippen molar-refractivity contribution < 1.29 is 4.79 Å². The highest BCUT2D eigenvalue weighted by molar-refractivity contribution is 5.89. The molecule has 2 amide bonds. The first-order chi connectivity index (χ1) is 8.02. The molecule has 2 unspecified atom stereocenters. The molecule has 0 saturated carbocycles. The van der Waals surface area contributed by atoms with Crippen LogP contribution in [0.2, 0.25) is 0 Å². The second-order valence-electron chi connectivity index (χ2n) is 4.32. The average Bonchev–Trinajstić information content (AvgIpc) is 2.28. The molecule has 0 aromatic heterocycles. The molecule has 2 atom stereocenters. The molecule has 0 radical (unpaired) electrons. The van der Waals surface area contributed by atoms with Gasteiger partial charge in [-0.05, 0) is 38.0 Å². The minimum absolute atomic E-state index is 0.0330. The Kier molecular flexibility index (Phi) is 4.97. The minimum atomic E-state index is -0.179. The van der Waals surface area contributed by atoms with Gasteiger partial charge in [-0.1, -0.05) is 19.1 Å². The van der Waals surface area contributed by atoms with E-state index in [4.69, 9.17) is 5.73 Å². The van der Waals surface area contributed by atoms with E-state index in [1.165, 1.54) is 0 Å². The van der Waals surface area contributed by atoms with Crippen molar-refractivity contribution in [2.75, 3.05) is 5.32 Å². The maximum atomic E-state index is 11.6. The van der Waals surface area contributed by atoms with Gasteiger partial charge in [0.15, 0.2) is 0 Å². The van der Waals surface area contributed by atoms with E-state index in [1.54, 1.807) is 0 Å². The molecule has 0 saturated heterocycles. The van der Waals surface area contributed by atoms with Crippen LogP contribution in [0.15, 0.2) is 24.3 Å². The van der Waals surface area contributed by atoms with Crippen LogP contribution in [-0.4, -0.2) is 12.1 Å². The highest BCUT2D eigenvalue weighted by atomic mass is 16.2. The van der Waals surface area contributed by atoms with Gasteiger partial charge in [-0.25, -0.2) is 4.79 Å². The Bertz CT molecular complexity index is 377. The Morgan fingerprint density at radius 1 is 1.41 bits per heavy atom. The molecule has 4 nitrogen and oxygen atoms in total. The maximum Gasteiger partial charge on any atom is 0.319 e. The lowest BCUT2D eigenvalue weighted by atomic mass is 10.1. The summed E-state index contributed by atoms with van der Waals surface area (Å²) in [5.41, 5.74) is 7.56. The van der Waals surface area contributed by atoms with E-state index in [0.717, 1.165) is 17.7 Å². The molecule has 4 heteroatoms. The molecule has 0 bridgehead atoms. The third kappa shape index (κ3) is 4.44. The van der Waals surface area contributed by atoms with Gasteiger partial charge in [0.1, 0.15) is 0 Å². The highest BCUT2D eigenvalue weighted by Crippen LogP contribution is 2.15. The first-order valence-corrected chi connectivity index (χ1v) is 5.96. The lowest BCUT2D eigenvalue weighted by Gasteiger charge is -2.13. The normalized spacial score (nSPS) is 13.9. The summed E-state index contributed by atoms with van der Waals surface area (Å²) in [6.45, 7) is 5.91. The Labute approximate surface area is 103 Å². The number of carbonyl (C=O) groups excluding carboxylic acids is 1. The van der Waals surface area contributed by atoms with E-state index in [0.29, 0.717) is 0 Å². The third-order valence-electron chi connectivity index (χ3n) is 2.66. The Balaban J connectivity index is 2.62. The summed E-state index contributed by atoms with van der Waals surface area (Å²) in [5, 5.41) is 5.64. The maximum absolute atomic E-state index is 11.6. The molecule has 0 aliphatic carbocycles. The molecule has 94 valence electrons. The summed E-state index contributed by atoms with van der Waals surface area (Å²) in [6, 6.07) is 7.53. The number of hydrogen-bond acceptors (Lipinski definition) is 2. The van der Waals surface area contributed by atoms with Gasteiger partial charge in [-0.3, -0.25) is 0 Å². The second kappa shape index (κ2) is 6.25. The number of amides is 2. The standard InChI is InChI=1S/C13H21N3O/c1-4-9(2)15-13(17)16-12-7-5-6-11(8-12)10(3)14/h5-10H,4,14H2,1-3H3,(H2,15,16,17). The molecule has 0 heterocycles. The van der Waals surface area contributed by atoms with Gasteiger partial charge in [-0.15, -0.1) is 0 Å². The van der Waals surface area contributed by atoms with Gasteiger partial charge in [-0.2, -0.15) is 0 Å². The number of hydrogen-bond donors (Lipinski definition) is 3. The molecule has 0 spiro atoms. The summed E-state index contributed by atoms with van der Waals surface area (Å²) >= 11 is 0. The van der Waals surface area contributed by atoms with Gasteiger partial charge in [0, 0.05) is 17.8 Å². The molecule has 0 aliphatic heterocycles. The zero-order valence-electron chi connectivity index (χ0n) is 10.7.